The van der Waals surface area contributed by atoms with Crippen LogP contribution in [-0.2, 0) is 14.4 Å². The second-order valence-corrected chi connectivity index (χ2v) is 9.35. The van der Waals surface area contributed by atoms with Crippen LogP contribution in [0, 0.1) is 23.2 Å². The fourth-order valence-corrected chi connectivity index (χ4v) is 6.81. The van der Waals surface area contributed by atoms with Crippen LogP contribution in [0.2, 0.25) is 0 Å². The van der Waals surface area contributed by atoms with Gasteiger partial charge in [-0.1, -0.05) is 13.0 Å². The molecule has 0 unspecified atom stereocenters. The number of allylic oxidation sites excluding steroid dienone is 3. The second kappa shape index (κ2) is 6.05. The van der Waals surface area contributed by atoms with Gasteiger partial charge in [0.25, 0.3) is 0 Å². The van der Waals surface area contributed by atoms with Gasteiger partial charge in [-0.05, 0) is 80.3 Å². The minimum Gasteiger partial charge on any atom is -0.478 e. The second-order valence-electron chi connectivity index (χ2n) is 9.35. The molecule has 0 aromatic carbocycles. The largest absolute Gasteiger partial charge is 0.478 e. The van der Waals surface area contributed by atoms with Gasteiger partial charge in [0.2, 0.25) is 11.8 Å². The lowest BCUT2D eigenvalue weighted by molar-refractivity contribution is -0.167. The van der Waals surface area contributed by atoms with Crippen molar-refractivity contribution in [2.24, 2.45) is 23.2 Å². The first-order chi connectivity index (χ1) is 12.7. The minimum atomic E-state index is -0.806. The van der Waals surface area contributed by atoms with Crippen molar-refractivity contribution in [3.8, 4) is 0 Å². The summed E-state index contributed by atoms with van der Waals surface area (Å²) < 4.78 is 0. The van der Waals surface area contributed by atoms with Gasteiger partial charge in [0.15, 0.2) is 0 Å². The highest BCUT2D eigenvalue weighted by atomic mass is 16.4. The SMILES string of the molecule is CC(=O)N1C(=O)CC[C@H]2[C@@H]3CC=C4C=C(C(=O)O)CC[C@]4(C)[C@H]3CC[C@@]21C. The summed E-state index contributed by atoms with van der Waals surface area (Å²) in [4.78, 5) is 37.7. The first-order valence-electron chi connectivity index (χ1n) is 10.2. The predicted octanol–water partition coefficient (Wildman–Crippen LogP) is 3.70. The first kappa shape index (κ1) is 18.5. The molecule has 4 rings (SSSR count). The van der Waals surface area contributed by atoms with E-state index in [2.05, 4.69) is 19.9 Å². The van der Waals surface area contributed by atoms with Crippen molar-refractivity contribution in [1.29, 1.82) is 0 Å². The molecular weight excluding hydrogens is 342 g/mol. The molecule has 5 nitrogen and oxygen atoms in total. The van der Waals surface area contributed by atoms with E-state index < -0.39 is 5.97 Å². The van der Waals surface area contributed by atoms with Crippen molar-refractivity contribution < 1.29 is 19.5 Å². The lowest BCUT2D eigenvalue weighted by atomic mass is 9.48. The van der Waals surface area contributed by atoms with E-state index in [1.54, 1.807) is 4.90 Å². The monoisotopic (exact) mass is 371 g/mol. The number of piperidine rings is 1. The lowest BCUT2D eigenvalue weighted by Gasteiger charge is -2.61. The third-order valence-electron chi connectivity index (χ3n) is 8.14. The molecule has 27 heavy (non-hydrogen) atoms. The molecule has 4 aliphatic rings. The number of nitrogens with zero attached hydrogens (tertiary/aromatic N) is 1. The molecule has 0 aromatic heterocycles. The minimum absolute atomic E-state index is 0.00566. The van der Waals surface area contributed by atoms with Crippen LogP contribution in [0.3, 0.4) is 0 Å². The number of carbonyl (C=O) groups is 3. The van der Waals surface area contributed by atoms with E-state index in [0.29, 0.717) is 36.2 Å². The Labute approximate surface area is 160 Å². The summed E-state index contributed by atoms with van der Waals surface area (Å²) >= 11 is 0. The third kappa shape index (κ3) is 2.54. The molecule has 0 aromatic rings. The smallest absolute Gasteiger partial charge is 0.331 e. The Morgan fingerprint density at radius 3 is 2.56 bits per heavy atom. The van der Waals surface area contributed by atoms with E-state index in [0.717, 1.165) is 32.1 Å². The van der Waals surface area contributed by atoms with Gasteiger partial charge in [-0.15, -0.1) is 0 Å². The van der Waals surface area contributed by atoms with E-state index in [1.807, 2.05) is 6.08 Å². The quantitative estimate of drug-likeness (QED) is 0.763. The van der Waals surface area contributed by atoms with E-state index >= 15 is 0 Å². The number of carboxylic acid groups (broad SMARTS) is 1. The molecule has 3 aliphatic carbocycles. The Balaban J connectivity index is 1.71. The molecule has 1 saturated carbocycles. The predicted molar refractivity (Wildman–Crippen MR) is 101 cm³/mol. The summed E-state index contributed by atoms with van der Waals surface area (Å²) in [5.74, 6) is 0.313. The van der Waals surface area contributed by atoms with Gasteiger partial charge in [0.1, 0.15) is 0 Å². The molecule has 1 N–H and O–H groups in total. The molecule has 2 amide bonds. The van der Waals surface area contributed by atoms with Crippen LogP contribution in [0.5, 0.6) is 0 Å². The van der Waals surface area contributed by atoms with Crippen LogP contribution in [0.15, 0.2) is 23.3 Å². The number of likely N-dealkylation sites (tertiary alicyclic amines) is 1. The zero-order chi connectivity index (χ0) is 19.6. The summed E-state index contributed by atoms with van der Waals surface area (Å²) in [7, 11) is 0. The average molecular weight is 371 g/mol. The molecule has 1 heterocycles. The van der Waals surface area contributed by atoms with Crippen molar-refractivity contribution in [1.82, 2.24) is 4.90 Å². The highest BCUT2D eigenvalue weighted by molar-refractivity contribution is 5.96. The maximum absolute atomic E-state index is 12.5. The van der Waals surface area contributed by atoms with Crippen molar-refractivity contribution in [3.05, 3.63) is 23.3 Å². The Kier molecular flexibility index (Phi) is 4.13. The van der Waals surface area contributed by atoms with Gasteiger partial charge >= 0.3 is 5.97 Å². The Hall–Kier alpha value is -1.91. The topological polar surface area (TPSA) is 74.7 Å². The number of carboxylic acids is 1. The number of imide groups is 1. The fourth-order valence-electron chi connectivity index (χ4n) is 6.81. The van der Waals surface area contributed by atoms with Crippen LogP contribution >= 0.6 is 0 Å². The zero-order valence-corrected chi connectivity index (χ0v) is 16.5. The number of hydrogen-bond acceptors (Lipinski definition) is 3. The summed E-state index contributed by atoms with van der Waals surface area (Å²) in [6, 6.07) is 0. The van der Waals surface area contributed by atoms with Gasteiger partial charge in [0.05, 0.1) is 5.54 Å². The Bertz CT molecular complexity index is 781. The van der Waals surface area contributed by atoms with Gasteiger partial charge < -0.3 is 5.11 Å². The summed E-state index contributed by atoms with van der Waals surface area (Å²) in [6.07, 6.45) is 9.70. The van der Waals surface area contributed by atoms with Gasteiger partial charge in [-0.3, -0.25) is 14.5 Å². The maximum atomic E-state index is 12.5. The van der Waals surface area contributed by atoms with E-state index in [-0.39, 0.29) is 22.8 Å². The van der Waals surface area contributed by atoms with E-state index in [1.165, 1.54) is 12.5 Å². The molecule has 0 bridgehead atoms. The zero-order valence-electron chi connectivity index (χ0n) is 16.5. The van der Waals surface area contributed by atoms with Crippen LogP contribution in [0.1, 0.15) is 65.7 Å². The molecule has 1 saturated heterocycles. The molecular formula is C22H29NO4. The highest BCUT2D eigenvalue weighted by Crippen LogP contribution is 2.61. The molecule has 0 radical (unpaired) electrons. The fraction of sp³-hybridized carbons (Fsp3) is 0.682. The molecule has 1 aliphatic heterocycles. The van der Waals surface area contributed by atoms with Crippen molar-refractivity contribution in [3.63, 3.8) is 0 Å². The van der Waals surface area contributed by atoms with Crippen LogP contribution < -0.4 is 0 Å². The lowest BCUT2D eigenvalue weighted by Crippen LogP contribution is -2.65. The molecule has 0 spiro atoms. The number of hydrogen-bond donors (Lipinski definition) is 1. The van der Waals surface area contributed by atoms with Crippen molar-refractivity contribution >= 4 is 17.8 Å². The first-order valence-corrected chi connectivity index (χ1v) is 10.2. The molecule has 2 fully saturated rings. The number of amides is 2. The maximum Gasteiger partial charge on any atom is 0.331 e. The summed E-state index contributed by atoms with van der Waals surface area (Å²) in [5, 5.41) is 9.37. The molecule has 146 valence electrons. The van der Waals surface area contributed by atoms with Crippen LogP contribution in [0.25, 0.3) is 0 Å². The normalized spacial score (nSPS) is 40.9. The Morgan fingerprint density at radius 2 is 1.89 bits per heavy atom. The van der Waals surface area contributed by atoms with Crippen molar-refractivity contribution in [2.45, 2.75) is 71.3 Å². The summed E-state index contributed by atoms with van der Waals surface area (Å²) in [5.41, 5.74) is 1.34. The van der Waals surface area contributed by atoms with Gasteiger partial charge in [-0.2, -0.15) is 0 Å². The number of aliphatic carboxylic acids is 1. The highest BCUT2D eigenvalue weighted by Gasteiger charge is 2.58. The van der Waals surface area contributed by atoms with Gasteiger partial charge in [-0.25, -0.2) is 4.79 Å². The number of fused-ring (bicyclic) bond motifs is 5. The average Bonchev–Trinajstić information content (AvgIpc) is 2.59. The number of carbonyl (C=O) groups excluding carboxylic acids is 2. The van der Waals surface area contributed by atoms with Crippen molar-refractivity contribution in [2.75, 3.05) is 0 Å². The van der Waals surface area contributed by atoms with Crippen LogP contribution in [0.4, 0.5) is 0 Å². The standard InChI is InChI=1S/C22H29NO4/c1-13(24)23-19(25)7-6-18-16-5-4-15-12-14(20(26)27)8-10-21(15,2)17(16)9-11-22(18,23)3/h4,12,16-18H,5-11H2,1-3H3,(H,26,27)/t16-,17+,18+,21+,22+/m1/s1. The van der Waals surface area contributed by atoms with Crippen LogP contribution in [-0.4, -0.2) is 33.3 Å². The summed E-state index contributed by atoms with van der Waals surface area (Å²) in [6.45, 7) is 5.92. The molecule has 5 atom stereocenters. The molecule has 5 heteroatoms. The van der Waals surface area contributed by atoms with E-state index in [4.69, 9.17) is 0 Å². The van der Waals surface area contributed by atoms with E-state index in [9.17, 15) is 19.5 Å². The number of rotatable bonds is 1. The Morgan fingerprint density at radius 1 is 1.15 bits per heavy atom. The third-order valence-corrected chi connectivity index (χ3v) is 8.14. The van der Waals surface area contributed by atoms with Gasteiger partial charge in [0, 0.05) is 18.9 Å².